The topological polar surface area (TPSA) is 46.6 Å². The van der Waals surface area contributed by atoms with Gasteiger partial charge in [0.2, 0.25) is 0 Å². The third-order valence-electron chi connectivity index (χ3n) is 2.43. The molecule has 0 aromatic carbocycles. The lowest BCUT2D eigenvalue weighted by Gasteiger charge is -2.33. The predicted octanol–water partition coefficient (Wildman–Crippen LogP) is 2.48. The molecular formula is C13H21NO3S. The molecule has 1 rings (SSSR count). The molecule has 0 saturated carbocycles. The van der Waals surface area contributed by atoms with Crippen LogP contribution in [0.5, 0.6) is 0 Å². The summed E-state index contributed by atoms with van der Waals surface area (Å²) in [6, 6.07) is 0. The third-order valence-corrected chi connectivity index (χ3v) is 3.62. The van der Waals surface area contributed by atoms with Gasteiger partial charge in [-0.3, -0.25) is 4.79 Å². The van der Waals surface area contributed by atoms with Gasteiger partial charge in [-0.05, 0) is 33.3 Å². The van der Waals surface area contributed by atoms with E-state index in [0.717, 1.165) is 5.75 Å². The largest absolute Gasteiger partial charge is 0.444 e. The molecule has 5 heteroatoms. The number of allylic oxidation sites excluding steroid dienone is 1. The highest BCUT2D eigenvalue weighted by atomic mass is 32.2. The Bertz CT molecular complexity index is 360. The molecule has 1 amide bonds. The number of ketones is 1. The smallest absolute Gasteiger partial charge is 0.410 e. The quantitative estimate of drug-likeness (QED) is 0.724. The van der Waals surface area contributed by atoms with Crippen molar-refractivity contribution in [3.8, 4) is 0 Å². The average molecular weight is 271 g/mol. The molecule has 0 aromatic heterocycles. The second-order valence-electron chi connectivity index (χ2n) is 5.43. The zero-order valence-corrected chi connectivity index (χ0v) is 12.3. The van der Waals surface area contributed by atoms with Crippen LogP contribution < -0.4 is 0 Å². The Balaban J connectivity index is 2.61. The molecule has 0 aromatic rings. The van der Waals surface area contributed by atoms with E-state index < -0.39 is 5.60 Å². The van der Waals surface area contributed by atoms with Crippen molar-refractivity contribution in [2.24, 2.45) is 0 Å². The molecule has 18 heavy (non-hydrogen) atoms. The molecule has 0 N–H and O–H groups in total. The Kier molecular flexibility index (Phi) is 4.85. The molecule has 1 unspecified atom stereocenters. The summed E-state index contributed by atoms with van der Waals surface area (Å²) in [4.78, 5) is 25.4. The normalized spacial score (nSPS) is 20.4. The van der Waals surface area contributed by atoms with Crippen LogP contribution in [0.2, 0.25) is 0 Å². The van der Waals surface area contributed by atoms with Crippen LogP contribution in [0.25, 0.3) is 0 Å². The van der Waals surface area contributed by atoms with Gasteiger partial charge < -0.3 is 9.64 Å². The SMILES string of the molecule is C=C(C)C(=O)C1CN(C(=O)OC(C)(C)C)CCS1. The molecule has 0 spiro atoms. The fraction of sp³-hybridized carbons (Fsp3) is 0.692. The Labute approximate surface area is 113 Å². The van der Waals surface area contributed by atoms with Crippen molar-refractivity contribution in [2.45, 2.75) is 38.5 Å². The number of amides is 1. The van der Waals surface area contributed by atoms with E-state index in [4.69, 9.17) is 4.74 Å². The van der Waals surface area contributed by atoms with Gasteiger partial charge in [0.25, 0.3) is 0 Å². The maximum absolute atomic E-state index is 11.9. The van der Waals surface area contributed by atoms with Crippen LogP contribution in [0.3, 0.4) is 0 Å². The Morgan fingerprint density at radius 2 is 2.00 bits per heavy atom. The zero-order chi connectivity index (χ0) is 13.9. The highest BCUT2D eigenvalue weighted by Crippen LogP contribution is 2.23. The van der Waals surface area contributed by atoms with E-state index in [2.05, 4.69) is 6.58 Å². The summed E-state index contributed by atoms with van der Waals surface area (Å²) in [5, 5.41) is -0.205. The van der Waals surface area contributed by atoms with E-state index in [1.54, 1.807) is 23.6 Å². The van der Waals surface area contributed by atoms with E-state index in [0.29, 0.717) is 18.7 Å². The van der Waals surface area contributed by atoms with Crippen LogP contribution in [0.1, 0.15) is 27.7 Å². The van der Waals surface area contributed by atoms with E-state index in [1.165, 1.54) is 0 Å². The fourth-order valence-corrected chi connectivity index (χ4v) is 2.82. The number of carbonyl (C=O) groups is 2. The minimum absolute atomic E-state index is 0.0215. The fourth-order valence-electron chi connectivity index (χ4n) is 1.58. The van der Waals surface area contributed by atoms with Crippen LogP contribution in [-0.2, 0) is 9.53 Å². The predicted molar refractivity (Wildman–Crippen MR) is 73.9 cm³/mol. The number of Topliss-reactive ketones (excluding diaryl/α,β-unsaturated/α-hetero) is 1. The molecule has 1 aliphatic heterocycles. The number of rotatable bonds is 2. The molecule has 1 atom stereocenters. The van der Waals surface area contributed by atoms with Crippen molar-refractivity contribution in [3.63, 3.8) is 0 Å². The Morgan fingerprint density at radius 3 is 2.50 bits per heavy atom. The minimum atomic E-state index is -0.504. The van der Waals surface area contributed by atoms with Crippen molar-refractivity contribution in [1.29, 1.82) is 0 Å². The average Bonchev–Trinajstić information content (AvgIpc) is 2.25. The maximum Gasteiger partial charge on any atom is 0.410 e. The Hall–Kier alpha value is -0.970. The Morgan fingerprint density at radius 1 is 1.39 bits per heavy atom. The first kappa shape index (κ1) is 15.1. The molecule has 1 saturated heterocycles. The number of carbonyl (C=O) groups excluding carboxylic acids is 2. The van der Waals surface area contributed by atoms with Gasteiger partial charge in [0.1, 0.15) is 5.60 Å². The number of nitrogens with zero attached hydrogens (tertiary/aromatic N) is 1. The molecule has 1 heterocycles. The minimum Gasteiger partial charge on any atom is -0.444 e. The van der Waals surface area contributed by atoms with Crippen LogP contribution in [0.4, 0.5) is 4.79 Å². The lowest BCUT2D eigenvalue weighted by atomic mass is 10.1. The van der Waals surface area contributed by atoms with Gasteiger partial charge in [0, 0.05) is 18.8 Å². The molecule has 0 radical (unpaired) electrons. The first-order valence-electron chi connectivity index (χ1n) is 6.00. The number of ether oxygens (including phenoxy) is 1. The van der Waals surface area contributed by atoms with E-state index >= 15 is 0 Å². The lowest BCUT2D eigenvalue weighted by Crippen LogP contribution is -2.46. The molecule has 4 nitrogen and oxygen atoms in total. The molecule has 1 aliphatic rings. The summed E-state index contributed by atoms with van der Waals surface area (Å²) in [5.74, 6) is 0.774. The summed E-state index contributed by atoms with van der Waals surface area (Å²) >= 11 is 1.58. The molecular weight excluding hydrogens is 250 g/mol. The van der Waals surface area contributed by atoms with Crippen molar-refractivity contribution in [2.75, 3.05) is 18.8 Å². The highest BCUT2D eigenvalue weighted by molar-refractivity contribution is 8.00. The lowest BCUT2D eigenvalue weighted by molar-refractivity contribution is -0.115. The second kappa shape index (κ2) is 5.78. The van der Waals surface area contributed by atoms with Gasteiger partial charge in [-0.25, -0.2) is 4.79 Å². The number of thioether (sulfide) groups is 1. The molecule has 0 aliphatic carbocycles. The maximum atomic E-state index is 11.9. The van der Waals surface area contributed by atoms with Crippen LogP contribution >= 0.6 is 11.8 Å². The van der Waals surface area contributed by atoms with Gasteiger partial charge in [0.05, 0.1) is 5.25 Å². The van der Waals surface area contributed by atoms with Crippen molar-refractivity contribution in [1.82, 2.24) is 4.90 Å². The molecule has 1 fully saturated rings. The first-order valence-corrected chi connectivity index (χ1v) is 7.05. The summed E-state index contributed by atoms with van der Waals surface area (Å²) in [7, 11) is 0. The van der Waals surface area contributed by atoms with Crippen molar-refractivity contribution < 1.29 is 14.3 Å². The van der Waals surface area contributed by atoms with Gasteiger partial charge >= 0.3 is 6.09 Å². The van der Waals surface area contributed by atoms with Crippen LogP contribution in [0.15, 0.2) is 12.2 Å². The van der Waals surface area contributed by atoms with Gasteiger partial charge in [-0.2, -0.15) is 0 Å². The zero-order valence-electron chi connectivity index (χ0n) is 11.5. The van der Waals surface area contributed by atoms with Gasteiger partial charge in [0.15, 0.2) is 5.78 Å². The van der Waals surface area contributed by atoms with E-state index in [-0.39, 0.29) is 17.1 Å². The highest BCUT2D eigenvalue weighted by Gasteiger charge is 2.31. The van der Waals surface area contributed by atoms with E-state index in [1.807, 2.05) is 20.8 Å². The van der Waals surface area contributed by atoms with Crippen molar-refractivity contribution in [3.05, 3.63) is 12.2 Å². The summed E-state index contributed by atoms with van der Waals surface area (Å²) in [6.07, 6.45) is -0.345. The van der Waals surface area contributed by atoms with Crippen LogP contribution in [0, 0.1) is 0 Å². The van der Waals surface area contributed by atoms with E-state index in [9.17, 15) is 9.59 Å². The standard InChI is InChI=1S/C13H21NO3S/c1-9(2)11(15)10-8-14(6-7-18-10)12(16)17-13(3,4)5/h10H,1,6-8H2,2-5H3. The second-order valence-corrected chi connectivity index (χ2v) is 6.74. The monoisotopic (exact) mass is 271 g/mol. The van der Waals surface area contributed by atoms with Gasteiger partial charge in [-0.15, -0.1) is 11.8 Å². The third kappa shape index (κ3) is 4.37. The molecule has 102 valence electrons. The summed E-state index contributed by atoms with van der Waals surface area (Å²) < 4.78 is 5.31. The first-order chi connectivity index (χ1) is 8.20. The summed E-state index contributed by atoms with van der Waals surface area (Å²) in [6.45, 7) is 11.9. The molecule has 0 bridgehead atoms. The van der Waals surface area contributed by atoms with Gasteiger partial charge in [-0.1, -0.05) is 6.58 Å². The number of hydrogen-bond donors (Lipinski definition) is 0. The number of hydrogen-bond acceptors (Lipinski definition) is 4. The summed E-state index contributed by atoms with van der Waals surface area (Å²) in [5.41, 5.74) is 0.0359. The van der Waals surface area contributed by atoms with Crippen LogP contribution in [-0.4, -0.2) is 46.5 Å². The van der Waals surface area contributed by atoms with Crippen molar-refractivity contribution >= 4 is 23.6 Å².